The lowest BCUT2D eigenvalue weighted by atomic mass is 10.1. The summed E-state index contributed by atoms with van der Waals surface area (Å²) in [7, 11) is 0. The molecule has 0 nitrogen and oxygen atoms in total. The molecule has 110 valence electrons. The first kappa shape index (κ1) is 19.4. The first-order valence-corrected chi connectivity index (χ1v) is 10.6. The van der Waals surface area contributed by atoms with Crippen molar-refractivity contribution in [3.8, 4) is 0 Å². The number of rotatable bonds is 14. The van der Waals surface area contributed by atoms with E-state index in [0.29, 0.717) is 3.74 Å². The van der Waals surface area contributed by atoms with Gasteiger partial charge in [-0.1, -0.05) is 118 Å². The summed E-state index contributed by atoms with van der Waals surface area (Å²) < 4.78 is 0.523. The number of unbranched alkanes of at least 4 members (excludes halogenated alkanes) is 11. The van der Waals surface area contributed by atoms with Gasteiger partial charge in [0.05, 0.1) is 3.74 Å². The lowest BCUT2D eigenvalue weighted by Crippen LogP contribution is -1.86. The molecule has 0 aliphatic heterocycles. The number of hydrogen-bond donors (Lipinski definition) is 0. The average molecular weight is 449 g/mol. The largest absolute Gasteiger partial charge is 0.0928 e. The molecule has 0 aromatic heterocycles. The molecule has 0 atom stereocenters. The van der Waals surface area contributed by atoms with E-state index in [9.17, 15) is 0 Å². The molecule has 0 N–H and O–H groups in total. The minimum absolute atomic E-state index is 0.523. The second-order valence-corrected chi connectivity index (χ2v) is 9.34. The molecule has 0 rings (SSSR count). The second-order valence-electron chi connectivity index (χ2n) is 5.11. The van der Waals surface area contributed by atoms with Crippen LogP contribution < -0.4 is 0 Å². The maximum absolute atomic E-state index is 3.52. The summed E-state index contributed by atoms with van der Waals surface area (Å²) in [6.45, 7) is 0. The minimum Gasteiger partial charge on any atom is -0.0928 e. The predicted octanol–water partition coefficient (Wildman–Crippen LogP) is 7.57. The van der Waals surface area contributed by atoms with Crippen molar-refractivity contribution in [2.75, 3.05) is 5.33 Å². The van der Waals surface area contributed by atoms with E-state index in [4.69, 9.17) is 0 Å². The minimum atomic E-state index is 0.523. The van der Waals surface area contributed by atoms with Crippen LogP contribution in [0.1, 0.15) is 83.5 Å². The van der Waals surface area contributed by atoms with E-state index in [2.05, 4.69) is 47.8 Å². The maximum atomic E-state index is 3.52. The average Bonchev–Trinajstić information content (AvgIpc) is 2.34. The highest BCUT2D eigenvalue weighted by atomic mass is 79.9. The third-order valence-corrected chi connectivity index (χ3v) is 4.78. The Kier molecular flexibility index (Phi) is 17.8. The van der Waals surface area contributed by atoms with Crippen LogP contribution in [0.3, 0.4) is 0 Å². The Bertz CT molecular complexity index is 149. The third-order valence-electron chi connectivity index (χ3n) is 3.31. The molecule has 0 amide bonds. The van der Waals surface area contributed by atoms with Crippen molar-refractivity contribution >= 4 is 47.8 Å². The van der Waals surface area contributed by atoms with Gasteiger partial charge in [-0.05, 0) is 12.8 Å². The summed E-state index contributed by atoms with van der Waals surface area (Å²) in [5.74, 6) is 0. The van der Waals surface area contributed by atoms with E-state index in [1.165, 1.54) is 88.8 Å². The molecule has 0 fully saturated rings. The molecule has 18 heavy (non-hydrogen) atoms. The van der Waals surface area contributed by atoms with Gasteiger partial charge in [0, 0.05) is 5.33 Å². The zero-order chi connectivity index (χ0) is 13.5. The van der Waals surface area contributed by atoms with Gasteiger partial charge < -0.3 is 0 Å². The molecule has 0 unspecified atom stereocenters. The first-order valence-electron chi connectivity index (χ1n) is 7.61. The highest BCUT2D eigenvalue weighted by Gasteiger charge is 1.97. The molecule has 0 aliphatic carbocycles. The summed E-state index contributed by atoms with van der Waals surface area (Å²) in [4.78, 5) is 0. The molecular weight excluding hydrogens is 420 g/mol. The van der Waals surface area contributed by atoms with E-state index in [1.807, 2.05) is 0 Å². The molecule has 0 heterocycles. The van der Waals surface area contributed by atoms with Gasteiger partial charge in [0.15, 0.2) is 0 Å². The number of alkyl halides is 3. The molecule has 3 heteroatoms. The summed E-state index contributed by atoms with van der Waals surface area (Å²) in [6.07, 6.45) is 18.4. The van der Waals surface area contributed by atoms with Gasteiger partial charge in [-0.2, -0.15) is 0 Å². The molecule has 0 spiro atoms. The van der Waals surface area contributed by atoms with Crippen LogP contribution in [0, 0.1) is 0 Å². The van der Waals surface area contributed by atoms with Crippen molar-refractivity contribution in [1.82, 2.24) is 0 Å². The Morgan fingerprint density at radius 2 is 0.833 bits per heavy atom. The fraction of sp³-hybridized carbons (Fsp3) is 1.00. The Morgan fingerprint density at radius 3 is 1.17 bits per heavy atom. The number of hydrogen-bond acceptors (Lipinski definition) is 0. The van der Waals surface area contributed by atoms with Gasteiger partial charge in [0.25, 0.3) is 0 Å². The maximum Gasteiger partial charge on any atom is 0.0697 e. The quantitative estimate of drug-likeness (QED) is 0.190. The van der Waals surface area contributed by atoms with Crippen molar-refractivity contribution in [3.05, 3.63) is 0 Å². The van der Waals surface area contributed by atoms with Gasteiger partial charge in [-0.15, -0.1) is 0 Å². The van der Waals surface area contributed by atoms with Crippen LogP contribution in [0.15, 0.2) is 0 Å². The highest BCUT2D eigenvalue weighted by molar-refractivity contribution is 9.24. The van der Waals surface area contributed by atoms with E-state index in [1.54, 1.807) is 0 Å². The highest BCUT2D eigenvalue weighted by Crippen LogP contribution is 2.18. The zero-order valence-corrected chi connectivity index (χ0v) is 16.4. The molecule has 0 saturated heterocycles. The van der Waals surface area contributed by atoms with Crippen LogP contribution in [-0.4, -0.2) is 9.07 Å². The topological polar surface area (TPSA) is 0 Å². The Morgan fingerprint density at radius 1 is 0.500 bits per heavy atom. The Balaban J connectivity index is 2.90. The van der Waals surface area contributed by atoms with Crippen LogP contribution in [0.5, 0.6) is 0 Å². The predicted molar refractivity (Wildman–Crippen MR) is 95.5 cm³/mol. The van der Waals surface area contributed by atoms with E-state index >= 15 is 0 Å². The normalized spacial score (nSPS) is 11.3. The standard InChI is InChI=1S/C15H29Br3/c16-14-12-10-8-6-4-2-1-3-5-7-9-11-13-15(17)18/h15H,1-14H2. The first-order chi connectivity index (χ1) is 8.77. The van der Waals surface area contributed by atoms with Crippen LogP contribution in [0.2, 0.25) is 0 Å². The smallest absolute Gasteiger partial charge is 0.0697 e. The third kappa shape index (κ3) is 17.4. The van der Waals surface area contributed by atoms with Crippen molar-refractivity contribution in [2.45, 2.75) is 87.2 Å². The number of halogens is 3. The van der Waals surface area contributed by atoms with Crippen LogP contribution in [0.4, 0.5) is 0 Å². The van der Waals surface area contributed by atoms with Gasteiger partial charge in [-0.3, -0.25) is 0 Å². The van der Waals surface area contributed by atoms with Crippen LogP contribution in [-0.2, 0) is 0 Å². The summed E-state index contributed by atoms with van der Waals surface area (Å²) >= 11 is 10.5. The fourth-order valence-electron chi connectivity index (χ4n) is 2.16. The van der Waals surface area contributed by atoms with Gasteiger partial charge >= 0.3 is 0 Å². The molecule has 0 saturated carbocycles. The SMILES string of the molecule is BrCCCCCCCCCCCCCCC(Br)Br. The fourth-order valence-corrected chi connectivity index (χ4v) is 3.20. The Labute approximate surface area is 139 Å². The second kappa shape index (κ2) is 16.5. The zero-order valence-electron chi connectivity index (χ0n) is 11.6. The lowest BCUT2D eigenvalue weighted by Gasteiger charge is -2.03. The molecule has 0 aliphatic rings. The molecule has 0 radical (unpaired) electrons. The summed E-state index contributed by atoms with van der Waals surface area (Å²) in [5.41, 5.74) is 0. The molecule has 0 bridgehead atoms. The van der Waals surface area contributed by atoms with Gasteiger partial charge in [-0.25, -0.2) is 0 Å². The van der Waals surface area contributed by atoms with Gasteiger partial charge in [0.2, 0.25) is 0 Å². The summed E-state index contributed by atoms with van der Waals surface area (Å²) in [5, 5.41) is 1.18. The van der Waals surface area contributed by atoms with Crippen molar-refractivity contribution < 1.29 is 0 Å². The van der Waals surface area contributed by atoms with E-state index in [-0.39, 0.29) is 0 Å². The van der Waals surface area contributed by atoms with Crippen LogP contribution >= 0.6 is 47.8 Å². The van der Waals surface area contributed by atoms with Gasteiger partial charge in [0.1, 0.15) is 0 Å². The van der Waals surface area contributed by atoms with E-state index in [0.717, 1.165) is 0 Å². The van der Waals surface area contributed by atoms with Crippen LogP contribution in [0.25, 0.3) is 0 Å². The monoisotopic (exact) mass is 446 g/mol. The van der Waals surface area contributed by atoms with Crippen molar-refractivity contribution in [3.63, 3.8) is 0 Å². The van der Waals surface area contributed by atoms with E-state index < -0.39 is 0 Å². The summed E-state index contributed by atoms with van der Waals surface area (Å²) in [6, 6.07) is 0. The lowest BCUT2D eigenvalue weighted by molar-refractivity contribution is 0.543. The van der Waals surface area contributed by atoms with Crippen molar-refractivity contribution in [1.29, 1.82) is 0 Å². The van der Waals surface area contributed by atoms with Crippen molar-refractivity contribution in [2.24, 2.45) is 0 Å². The molecular formula is C15H29Br3. The molecule has 0 aromatic carbocycles. The Hall–Kier alpha value is 1.44. The molecule has 0 aromatic rings.